The lowest BCUT2D eigenvalue weighted by Crippen LogP contribution is -2.38. The first kappa shape index (κ1) is 23.9. The Kier molecular flexibility index (Phi) is 7.59. The van der Waals surface area contributed by atoms with Crippen molar-refractivity contribution in [3.8, 4) is 0 Å². The molecule has 0 saturated carbocycles. The molecule has 1 amide bonds. The highest BCUT2D eigenvalue weighted by atomic mass is 32.2. The summed E-state index contributed by atoms with van der Waals surface area (Å²) < 4.78 is 27.4. The molecule has 0 aliphatic carbocycles. The van der Waals surface area contributed by atoms with E-state index in [-0.39, 0.29) is 16.7 Å². The van der Waals surface area contributed by atoms with Crippen molar-refractivity contribution in [3.63, 3.8) is 0 Å². The first-order chi connectivity index (χ1) is 16.4. The van der Waals surface area contributed by atoms with E-state index < -0.39 is 10.0 Å². The molecule has 1 aliphatic heterocycles. The Hall–Kier alpha value is -3.23. The van der Waals surface area contributed by atoms with Gasteiger partial charge in [0, 0.05) is 49.3 Å². The average Bonchev–Trinajstić information content (AvgIpc) is 2.86. The van der Waals surface area contributed by atoms with Gasteiger partial charge in [0.1, 0.15) is 0 Å². The van der Waals surface area contributed by atoms with Gasteiger partial charge in [0.05, 0.1) is 4.90 Å². The summed E-state index contributed by atoms with van der Waals surface area (Å²) in [7, 11) is -3.52. The fourth-order valence-electron chi connectivity index (χ4n) is 4.08. The molecule has 0 radical (unpaired) electrons. The number of aryl methyl sites for hydroxylation is 1. The van der Waals surface area contributed by atoms with Crippen LogP contribution in [0.5, 0.6) is 0 Å². The summed E-state index contributed by atoms with van der Waals surface area (Å²) in [6.45, 7) is 3.92. The molecule has 1 aliphatic rings. The molecule has 7 nitrogen and oxygen atoms in total. The standard InChI is InChI=1S/C26H30N4O3S/c1-20-2-8-25(9-3-20)34(32,33)28-17-10-21-4-6-23(7-5-21)29-26(31)22-13-18-30(19-14-22)24-11-15-27-16-12-24/h2-9,11-12,15-16,22,28H,10,13-14,17-19H2,1H3,(H,29,31). The number of aromatic nitrogens is 1. The first-order valence-electron chi connectivity index (χ1n) is 11.5. The van der Waals surface area contributed by atoms with Crippen molar-refractivity contribution in [2.45, 2.75) is 31.1 Å². The predicted molar refractivity (Wildman–Crippen MR) is 134 cm³/mol. The van der Waals surface area contributed by atoms with E-state index in [4.69, 9.17) is 0 Å². The monoisotopic (exact) mass is 478 g/mol. The topological polar surface area (TPSA) is 91.4 Å². The van der Waals surface area contributed by atoms with Gasteiger partial charge in [-0.05, 0) is 68.1 Å². The maximum atomic E-state index is 12.7. The van der Waals surface area contributed by atoms with Gasteiger partial charge in [-0.2, -0.15) is 0 Å². The van der Waals surface area contributed by atoms with Crippen molar-refractivity contribution in [2.75, 3.05) is 29.9 Å². The van der Waals surface area contributed by atoms with E-state index in [2.05, 4.69) is 19.9 Å². The summed E-state index contributed by atoms with van der Waals surface area (Å²) in [6, 6.07) is 18.4. The van der Waals surface area contributed by atoms with Crippen molar-refractivity contribution in [2.24, 2.45) is 5.92 Å². The van der Waals surface area contributed by atoms with Gasteiger partial charge in [0.15, 0.2) is 0 Å². The van der Waals surface area contributed by atoms with E-state index in [0.717, 1.165) is 48.4 Å². The van der Waals surface area contributed by atoms with E-state index in [0.29, 0.717) is 13.0 Å². The van der Waals surface area contributed by atoms with Crippen LogP contribution in [-0.4, -0.2) is 38.9 Å². The molecular weight excluding hydrogens is 448 g/mol. The van der Waals surface area contributed by atoms with Crippen LogP contribution in [0.4, 0.5) is 11.4 Å². The van der Waals surface area contributed by atoms with Gasteiger partial charge in [-0.1, -0.05) is 29.8 Å². The Morgan fingerprint density at radius 2 is 1.62 bits per heavy atom. The number of rotatable bonds is 8. The van der Waals surface area contributed by atoms with Crippen LogP contribution in [0, 0.1) is 12.8 Å². The Morgan fingerprint density at radius 3 is 2.26 bits per heavy atom. The second-order valence-corrected chi connectivity index (χ2v) is 10.4. The summed E-state index contributed by atoms with van der Waals surface area (Å²) >= 11 is 0. The Bertz CT molecular complexity index is 1190. The molecule has 2 heterocycles. The van der Waals surface area contributed by atoms with Crippen LogP contribution in [0.25, 0.3) is 0 Å². The van der Waals surface area contributed by atoms with Crippen LogP contribution < -0.4 is 14.9 Å². The van der Waals surface area contributed by atoms with Gasteiger partial charge < -0.3 is 10.2 Å². The van der Waals surface area contributed by atoms with Gasteiger partial charge in [0.25, 0.3) is 0 Å². The minimum atomic E-state index is -3.52. The number of nitrogens with one attached hydrogen (secondary N) is 2. The van der Waals surface area contributed by atoms with Gasteiger partial charge in [-0.3, -0.25) is 9.78 Å². The zero-order chi connectivity index (χ0) is 24.0. The Labute approximate surface area is 201 Å². The smallest absolute Gasteiger partial charge is 0.240 e. The lowest BCUT2D eigenvalue weighted by atomic mass is 9.95. The van der Waals surface area contributed by atoms with Crippen LogP contribution in [0.1, 0.15) is 24.0 Å². The number of carbonyl (C=O) groups excluding carboxylic acids is 1. The number of nitrogens with zero attached hydrogens (tertiary/aromatic N) is 2. The highest BCUT2D eigenvalue weighted by Gasteiger charge is 2.25. The quantitative estimate of drug-likeness (QED) is 0.514. The third-order valence-electron chi connectivity index (χ3n) is 6.15. The summed E-state index contributed by atoms with van der Waals surface area (Å²) in [5.74, 6) is 0.0435. The number of benzene rings is 2. The van der Waals surface area contributed by atoms with E-state index >= 15 is 0 Å². The predicted octanol–water partition coefficient (Wildman–Crippen LogP) is 3.77. The lowest BCUT2D eigenvalue weighted by molar-refractivity contribution is -0.120. The molecule has 0 atom stereocenters. The maximum Gasteiger partial charge on any atom is 0.240 e. The molecule has 1 saturated heterocycles. The van der Waals surface area contributed by atoms with Crippen LogP contribution >= 0.6 is 0 Å². The number of piperidine rings is 1. The molecule has 0 spiro atoms. The van der Waals surface area contributed by atoms with E-state index in [1.165, 1.54) is 0 Å². The molecule has 8 heteroatoms. The Morgan fingerprint density at radius 1 is 0.971 bits per heavy atom. The lowest BCUT2D eigenvalue weighted by Gasteiger charge is -2.32. The van der Waals surface area contributed by atoms with Crippen LogP contribution in [0.2, 0.25) is 0 Å². The van der Waals surface area contributed by atoms with Crippen LogP contribution in [0.3, 0.4) is 0 Å². The van der Waals surface area contributed by atoms with Gasteiger partial charge in [-0.25, -0.2) is 13.1 Å². The number of carbonyl (C=O) groups is 1. The molecular formula is C26H30N4O3S. The van der Waals surface area contributed by atoms with E-state index in [1.54, 1.807) is 36.7 Å². The van der Waals surface area contributed by atoms with Crippen molar-refractivity contribution in [1.29, 1.82) is 0 Å². The number of amides is 1. The SMILES string of the molecule is Cc1ccc(S(=O)(=O)NCCc2ccc(NC(=O)C3CCN(c4ccncc4)CC3)cc2)cc1. The summed E-state index contributed by atoms with van der Waals surface area (Å²) in [5.41, 5.74) is 3.91. The minimum absolute atomic E-state index is 0.00561. The molecule has 0 bridgehead atoms. The van der Waals surface area contributed by atoms with Gasteiger partial charge >= 0.3 is 0 Å². The van der Waals surface area contributed by atoms with E-state index in [1.807, 2.05) is 43.3 Å². The number of hydrogen-bond donors (Lipinski definition) is 2. The third-order valence-corrected chi connectivity index (χ3v) is 7.63. The van der Waals surface area contributed by atoms with Crippen LogP contribution in [0.15, 0.2) is 78.0 Å². The number of anilines is 2. The van der Waals surface area contributed by atoms with Crippen LogP contribution in [-0.2, 0) is 21.2 Å². The van der Waals surface area contributed by atoms with Gasteiger partial charge in [0.2, 0.25) is 15.9 Å². The van der Waals surface area contributed by atoms with Crippen molar-refractivity contribution in [1.82, 2.24) is 9.71 Å². The highest BCUT2D eigenvalue weighted by Crippen LogP contribution is 2.24. The molecule has 178 valence electrons. The normalized spacial score (nSPS) is 14.7. The minimum Gasteiger partial charge on any atom is -0.371 e. The van der Waals surface area contributed by atoms with E-state index in [9.17, 15) is 13.2 Å². The van der Waals surface area contributed by atoms with Crippen molar-refractivity contribution >= 4 is 27.3 Å². The fourth-order valence-corrected chi connectivity index (χ4v) is 5.12. The van der Waals surface area contributed by atoms with Crippen molar-refractivity contribution in [3.05, 3.63) is 84.2 Å². The zero-order valence-electron chi connectivity index (χ0n) is 19.3. The van der Waals surface area contributed by atoms with Gasteiger partial charge in [-0.15, -0.1) is 0 Å². The number of sulfonamides is 1. The molecule has 1 aromatic heterocycles. The molecule has 3 aromatic rings. The number of pyridine rings is 1. The number of hydrogen-bond acceptors (Lipinski definition) is 5. The molecule has 1 fully saturated rings. The second-order valence-electron chi connectivity index (χ2n) is 8.61. The average molecular weight is 479 g/mol. The third kappa shape index (κ3) is 6.21. The first-order valence-corrected chi connectivity index (χ1v) is 13.0. The Balaban J connectivity index is 1.23. The van der Waals surface area contributed by atoms with Crippen molar-refractivity contribution < 1.29 is 13.2 Å². The molecule has 4 rings (SSSR count). The summed E-state index contributed by atoms with van der Waals surface area (Å²) in [4.78, 5) is 19.3. The zero-order valence-corrected chi connectivity index (χ0v) is 20.1. The fraction of sp³-hybridized carbons (Fsp3) is 0.308. The molecule has 0 unspecified atom stereocenters. The molecule has 34 heavy (non-hydrogen) atoms. The maximum absolute atomic E-state index is 12.7. The second kappa shape index (κ2) is 10.8. The molecule has 2 aromatic carbocycles. The highest BCUT2D eigenvalue weighted by molar-refractivity contribution is 7.89. The molecule has 2 N–H and O–H groups in total. The largest absolute Gasteiger partial charge is 0.371 e. The summed E-state index contributed by atoms with van der Waals surface area (Å²) in [5, 5.41) is 3.02. The summed E-state index contributed by atoms with van der Waals surface area (Å²) in [6.07, 6.45) is 5.77.